The van der Waals surface area contributed by atoms with Gasteiger partial charge in [0.2, 0.25) is 0 Å². The van der Waals surface area contributed by atoms with E-state index < -0.39 is 0 Å². The zero-order valence-electron chi connectivity index (χ0n) is 11.1. The van der Waals surface area contributed by atoms with Crippen molar-refractivity contribution >= 4 is 5.69 Å². The first-order chi connectivity index (χ1) is 8.29. The third-order valence-corrected chi connectivity index (χ3v) is 4.06. The average Bonchev–Trinajstić information content (AvgIpc) is 2.57. The van der Waals surface area contributed by atoms with Crippen molar-refractivity contribution in [3.63, 3.8) is 0 Å². The van der Waals surface area contributed by atoms with Crippen molar-refractivity contribution in [2.75, 3.05) is 5.32 Å². The normalized spacial score (nSPS) is 25.3. The number of hydrogen-bond donors (Lipinski definition) is 1. The smallest absolute Gasteiger partial charge is 0.0558 e. The molecule has 1 aliphatic carbocycles. The maximum Gasteiger partial charge on any atom is 0.0558 e. The molecule has 0 saturated heterocycles. The maximum absolute atomic E-state index is 4.20. The van der Waals surface area contributed by atoms with E-state index in [-0.39, 0.29) is 0 Å². The molecular formula is C15H24N2. The summed E-state index contributed by atoms with van der Waals surface area (Å²) in [4.78, 5) is 4.20. The lowest BCUT2D eigenvalue weighted by Gasteiger charge is -2.19. The van der Waals surface area contributed by atoms with Crippen LogP contribution in [0.3, 0.4) is 0 Å². The van der Waals surface area contributed by atoms with Crippen LogP contribution in [0.1, 0.15) is 51.0 Å². The minimum absolute atomic E-state index is 0.648. The van der Waals surface area contributed by atoms with Crippen molar-refractivity contribution in [1.29, 1.82) is 0 Å². The highest BCUT2D eigenvalue weighted by Gasteiger charge is 2.17. The Morgan fingerprint density at radius 2 is 2.18 bits per heavy atom. The van der Waals surface area contributed by atoms with Gasteiger partial charge in [0.05, 0.1) is 11.9 Å². The number of hydrogen-bond acceptors (Lipinski definition) is 2. The van der Waals surface area contributed by atoms with Gasteiger partial charge in [-0.05, 0) is 43.7 Å². The lowest BCUT2D eigenvalue weighted by Crippen LogP contribution is -2.19. The van der Waals surface area contributed by atoms with Gasteiger partial charge in [-0.2, -0.15) is 0 Å². The standard InChI is InChI=1S/C15H24N2/c1-3-13-5-4-6-14(8-7-13)17-15-11-16-10-9-12(15)2/h9-11,13-14,17H,3-8H2,1-2H3. The summed E-state index contributed by atoms with van der Waals surface area (Å²) < 4.78 is 0. The third kappa shape index (κ3) is 3.45. The summed E-state index contributed by atoms with van der Waals surface area (Å²) in [6.07, 6.45) is 12.0. The lowest BCUT2D eigenvalue weighted by molar-refractivity contribution is 0.444. The highest BCUT2D eigenvalue weighted by atomic mass is 14.9. The molecule has 1 heterocycles. The lowest BCUT2D eigenvalue weighted by atomic mass is 9.98. The van der Waals surface area contributed by atoms with Gasteiger partial charge in [-0.1, -0.05) is 26.2 Å². The van der Waals surface area contributed by atoms with Crippen molar-refractivity contribution in [3.8, 4) is 0 Å². The maximum atomic E-state index is 4.20. The summed E-state index contributed by atoms with van der Waals surface area (Å²) in [6.45, 7) is 4.47. The molecule has 2 unspecified atom stereocenters. The summed E-state index contributed by atoms with van der Waals surface area (Å²) in [6, 6.07) is 2.72. The molecule has 2 atom stereocenters. The molecule has 1 fully saturated rings. The van der Waals surface area contributed by atoms with Crippen LogP contribution in [0.5, 0.6) is 0 Å². The number of pyridine rings is 1. The summed E-state index contributed by atoms with van der Waals surface area (Å²) in [5, 5.41) is 3.67. The fourth-order valence-electron chi connectivity index (χ4n) is 2.77. The van der Waals surface area contributed by atoms with E-state index in [0.29, 0.717) is 6.04 Å². The number of nitrogens with one attached hydrogen (secondary N) is 1. The van der Waals surface area contributed by atoms with Gasteiger partial charge in [-0.3, -0.25) is 4.98 Å². The molecule has 0 amide bonds. The molecule has 17 heavy (non-hydrogen) atoms. The average molecular weight is 232 g/mol. The van der Waals surface area contributed by atoms with E-state index in [9.17, 15) is 0 Å². The van der Waals surface area contributed by atoms with Gasteiger partial charge >= 0.3 is 0 Å². The van der Waals surface area contributed by atoms with Gasteiger partial charge in [0.25, 0.3) is 0 Å². The van der Waals surface area contributed by atoms with Crippen molar-refractivity contribution in [2.45, 2.75) is 58.4 Å². The molecule has 0 spiro atoms. The van der Waals surface area contributed by atoms with Crippen molar-refractivity contribution in [3.05, 3.63) is 24.0 Å². The predicted octanol–water partition coefficient (Wildman–Crippen LogP) is 4.16. The predicted molar refractivity (Wildman–Crippen MR) is 73.3 cm³/mol. The number of rotatable bonds is 3. The second-order valence-corrected chi connectivity index (χ2v) is 5.31. The van der Waals surface area contributed by atoms with Crippen LogP contribution < -0.4 is 5.32 Å². The third-order valence-electron chi connectivity index (χ3n) is 4.06. The van der Waals surface area contributed by atoms with Crippen LogP contribution in [-0.4, -0.2) is 11.0 Å². The molecular weight excluding hydrogens is 208 g/mol. The SMILES string of the molecule is CCC1CCCC(Nc2cnccc2C)CC1. The van der Waals surface area contributed by atoms with Gasteiger partial charge in [0, 0.05) is 12.2 Å². The van der Waals surface area contributed by atoms with E-state index in [0.717, 1.165) is 5.92 Å². The fraction of sp³-hybridized carbons (Fsp3) is 0.667. The quantitative estimate of drug-likeness (QED) is 0.791. The largest absolute Gasteiger partial charge is 0.381 e. The molecule has 1 aromatic heterocycles. The molecule has 0 aromatic carbocycles. The Morgan fingerprint density at radius 3 is 2.94 bits per heavy atom. The van der Waals surface area contributed by atoms with Gasteiger partial charge in [0.1, 0.15) is 0 Å². The number of nitrogens with zero attached hydrogens (tertiary/aromatic N) is 1. The second kappa shape index (κ2) is 6.04. The number of anilines is 1. The molecule has 1 N–H and O–H groups in total. The van der Waals surface area contributed by atoms with Crippen LogP contribution in [-0.2, 0) is 0 Å². The Labute approximate surface area is 105 Å². The van der Waals surface area contributed by atoms with E-state index in [2.05, 4.69) is 30.2 Å². The summed E-state index contributed by atoms with van der Waals surface area (Å²) in [5.41, 5.74) is 2.52. The molecule has 94 valence electrons. The van der Waals surface area contributed by atoms with Gasteiger partial charge in [-0.15, -0.1) is 0 Å². The summed E-state index contributed by atoms with van der Waals surface area (Å²) >= 11 is 0. The Balaban J connectivity index is 1.93. The minimum atomic E-state index is 0.648. The molecule has 0 aliphatic heterocycles. The second-order valence-electron chi connectivity index (χ2n) is 5.31. The Bertz CT molecular complexity index is 349. The van der Waals surface area contributed by atoms with E-state index in [1.165, 1.54) is 49.8 Å². The van der Waals surface area contributed by atoms with Crippen LogP contribution in [0.15, 0.2) is 18.5 Å². The number of aryl methyl sites for hydroxylation is 1. The van der Waals surface area contributed by atoms with Crippen LogP contribution in [0, 0.1) is 12.8 Å². The van der Waals surface area contributed by atoms with Crippen LogP contribution in [0.25, 0.3) is 0 Å². The topological polar surface area (TPSA) is 24.9 Å². The molecule has 1 saturated carbocycles. The van der Waals surface area contributed by atoms with E-state index >= 15 is 0 Å². The van der Waals surface area contributed by atoms with Gasteiger partial charge in [-0.25, -0.2) is 0 Å². The highest BCUT2D eigenvalue weighted by molar-refractivity contribution is 5.48. The molecule has 1 aliphatic rings. The minimum Gasteiger partial charge on any atom is -0.381 e. The Morgan fingerprint density at radius 1 is 1.29 bits per heavy atom. The number of aromatic nitrogens is 1. The zero-order valence-corrected chi connectivity index (χ0v) is 11.1. The molecule has 2 nitrogen and oxygen atoms in total. The first kappa shape index (κ1) is 12.4. The van der Waals surface area contributed by atoms with Crippen molar-refractivity contribution in [1.82, 2.24) is 4.98 Å². The zero-order chi connectivity index (χ0) is 12.1. The monoisotopic (exact) mass is 232 g/mol. The molecule has 1 aromatic rings. The van der Waals surface area contributed by atoms with Crippen LogP contribution in [0.2, 0.25) is 0 Å². The van der Waals surface area contributed by atoms with Crippen LogP contribution >= 0.6 is 0 Å². The highest BCUT2D eigenvalue weighted by Crippen LogP contribution is 2.27. The summed E-state index contributed by atoms with van der Waals surface area (Å²) in [5.74, 6) is 0.955. The first-order valence-electron chi connectivity index (χ1n) is 6.96. The van der Waals surface area contributed by atoms with Crippen molar-refractivity contribution in [2.24, 2.45) is 5.92 Å². The fourth-order valence-corrected chi connectivity index (χ4v) is 2.77. The van der Waals surface area contributed by atoms with E-state index in [1.807, 2.05) is 12.4 Å². The molecule has 2 heteroatoms. The molecule has 0 bridgehead atoms. The van der Waals surface area contributed by atoms with Crippen molar-refractivity contribution < 1.29 is 0 Å². The van der Waals surface area contributed by atoms with Crippen LogP contribution in [0.4, 0.5) is 5.69 Å². The first-order valence-corrected chi connectivity index (χ1v) is 6.96. The Hall–Kier alpha value is -1.05. The summed E-state index contributed by atoms with van der Waals surface area (Å²) in [7, 11) is 0. The Kier molecular flexibility index (Phi) is 4.41. The van der Waals surface area contributed by atoms with E-state index in [4.69, 9.17) is 0 Å². The molecule has 0 radical (unpaired) electrons. The molecule has 2 rings (SSSR count). The van der Waals surface area contributed by atoms with E-state index in [1.54, 1.807) is 0 Å². The van der Waals surface area contributed by atoms with Gasteiger partial charge in [0.15, 0.2) is 0 Å². The van der Waals surface area contributed by atoms with Gasteiger partial charge < -0.3 is 5.32 Å².